The molecule has 0 amide bonds. The molecule has 0 fully saturated rings. The Balaban J connectivity index is 2.24. The van der Waals surface area contributed by atoms with Crippen molar-refractivity contribution in [3.63, 3.8) is 0 Å². The van der Waals surface area contributed by atoms with Gasteiger partial charge in [0.25, 0.3) is 0 Å². The van der Waals surface area contributed by atoms with E-state index in [0.29, 0.717) is 42.8 Å². The van der Waals surface area contributed by atoms with Crippen LogP contribution in [0, 0.1) is 0 Å². The summed E-state index contributed by atoms with van der Waals surface area (Å²) in [5, 5.41) is 1.02. The van der Waals surface area contributed by atoms with Gasteiger partial charge in [0.1, 0.15) is 5.52 Å². The minimum absolute atomic E-state index is 0.442. The summed E-state index contributed by atoms with van der Waals surface area (Å²) in [5.74, 6) is 0.442. The van der Waals surface area contributed by atoms with Crippen LogP contribution in [0.4, 0.5) is 5.69 Å². The summed E-state index contributed by atoms with van der Waals surface area (Å²) < 4.78 is 6.38. The van der Waals surface area contributed by atoms with Gasteiger partial charge in [0.05, 0.1) is 10.6 Å². The molecule has 96 valence electrons. The smallest absolute Gasteiger partial charge is 0.228 e. The Morgan fingerprint density at radius 3 is 2.74 bits per heavy atom. The lowest BCUT2D eigenvalue weighted by atomic mass is 10.2. The number of benzene rings is 2. The molecule has 6 heteroatoms. The number of anilines is 1. The predicted molar refractivity (Wildman–Crippen MR) is 81.6 cm³/mol. The first-order valence-electron chi connectivity index (χ1n) is 5.35. The minimum atomic E-state index is 0.442. The lowest BCUT2D eigenvalue weighted by molar-refractivity contribution is 0.619. The van der Waals surface area contributed by atoms with E-state index in [9.17, 15) is 0 Å². The van der Waals surface area contributed by atoms with Crippen molar-refractivity contribution in [1.82, 2.24) is 4.98 Å². The summed E-state index contributed by atoms with van der Waals surface area (Å²) in [7, 11) is 0. The zero-order chi connectivity index (χ0) is 13.6. The van der Waals surface area contributed by atoms with Crippen LogP contribution in [0.2, 0.25) is 10.0 Å². The summed E-state index contributed by atoms with van der Waals surface area (Å²) in [6.45, 7) is 0. The van der Waals surface area contributed by atoms with E-state index < -0.39 is 0 Å². The van der Waals surface area contributed by atoms with E-state index >= 15 is 0 Å². The number of hydrogen-bond acceptors (Lipinski definition) is 3. The molecule has 19 heavy (non-hydrogen) atoms. The van der Waals surface area contributed by atoms with Crippen LogP contribution in [0.15, 0.2) is 39.2 Å². The number of aromatic nitrogens is 1. The van der Waals surface area contributed by atoms with Crippen LogP contribution in [0.5, 0.6) is 0 Å². The molecule has 2 aromatic carbocycles. The van der Waals surface area contributed by atoms with Crippen LogP contribution in [-0.4, -0.2) is 4.98 Å². The zero-order valence-electron chi connectivity index (χ0n) is 9.45. The van der Waals surface area contributed by atoms with Crippen molar-refractivity contribution in [2.24, 2.45) is 0 Å². The monoisotopic (exact) mass is 356 g/mol. The van der Waals surface area contributed by atoms with Crippen LogP contribution in [0.25, 0.3) is 22.6 Å². The van der Waals surface area contributed by atoms with Gasteiger partial charge < -0.3 is 10.2 Å². The summed E-state index contributed by atoms with van der Waals surface area (Å²) in [6, 6.07) is 8.68. The summed E-state index contributed by atoms with van der Waals surface area (Å²) in [6.07, 6.45) is 0. The molecule has 0 aliphatic carbocycles. The maximum Gasteiger partial charge on any atom is 0.228 e. The van der Waals surface area contributed by atoms with E-state index in [-0.39, 0.29) is 0 Å². The molecule has 0 atom stereocenters. The molecule has 0 radical (unpaired) electrons. The second-order valence-corrected chi connectivity index (χ2v) is 5.63. The van der Waals surface area contributed by atoms with Crippen molar-refractivity contribution in [3.8, 4) is 11.5 Å². The number of nitrogen functional groups attached to an aromatic ring is 1. The summed E-state index contributed by atoms with van der Waals surface area (Å²) in [5.41, 5.74) is 8.40. The SMILES string of the molecule is Nc1ccc2oc(-c3cc(Cl)cc(Cl)c3Br)nc2c1. The highest BCUT2D eigenvalue weighted by molar-refractivity contribution is 9.10. The largest absolute Gasteiger partial charge is 0.436 e. The fraction of sp³-hybridized carbons (Fsp3) is 0. The van der Waals surface area contributed by atoms with Gasteiger partial charge in [-0.15, -0.1) is 0 Å². The van der Waals surface area contributed by atoms with Crippen LogP contribution in [0.3, 0.4) is 0 Å². The number of nitrogens with zero attached hydrogens (tertiary/aromatic N) is 1. The molecule has 3 aromatic rings. The Labute approximate surface area is 127 Å². The van der Waals surface area contributed by atoms with E-state index in [0.717, 1.165) is 0 Å². The molecule has 0 bridgehead atoms. The van der Waals surface area contributed by atoms with Gasteiger partial charge in [0, 0.05) is 15.2 Å². The van der Waals surface area contributed by atoms with Crippen LogP contribution >= 0.6 is 39.1 Å². The first-order chi connectivity index (χ1) is 9.04. The Kier molecular flexibility index (Phi) is 3.17. The standard InChI is InChI=1S/C13H7BrCl2N2O/c14-12-8(3-6(15)4-9(12)16)13-18-10-5-7(17)1-2-11(10)19-13/h1-5H,17H2. The highest BCUT2D eigenvalue weighted by Crippen LogP contribution is 2.37. The first-order valence-corrected chi connectivity index (χ1v) is 6.90. The van der Waals surface area contributed by atoms with Crippen LogP contribution < -0.4 is 5.73 Å². The fourth-order valence-corrected chi connectivity index (χ4v) is 2.66. The van der Waals surface area contributed by atoms with Crippen molar-refractivity contribution in [1.29, 1.82) is 0 Å². The lowest BCUT2D eigenvalue weighted by Gasteiger charge is -2.02. The van der Waals surface area contributed by atoms with E-state index in [4.69, 9.17) is 33.4 Å². The van der Waals surface area contributed by atoms with Gasteiger partial charge in [-0.2, -0.15) is 0 Å². The van der Waals surface area contributed by atoms with Crippen LogP contribution in [-0.2, 0) is 0 Å². The average Bonchev–Trinajstić information content (AvgIpc) is 2.76. The van der Waals surface area contributed by atoms with Crippen molar-refractivity contribution in [2.75, 3.05) is 5.73 Å². The third-order valence-corrected chi connectivity index (χ3v) is 4.23. The van der Waals surface area contributed by atoms with Crippen molar-refractivity contribution < 1.29 is 4.42 Å². The predicted octanol–water partition coefficient (Wildman–Crippen LogP) is 5.15. The molecule has 0 aliphatic rings. The van der Waals surface area contributed by atoms with E-state index in [1.165, 1.54) is 0 Å². The van der Waals surface area contributed by atoms with Crippen molar-refractivity contribution >= 4 is 55.9 Å². The fourth-order valence-electron chi connectivity index (χ4n) is 1.77. The minimum Gasteiger partial charge on any atom is -0.436 e. The molecular weight excluding hydrogens is 351 g/mol. The molecule has 0 spiro atoms. The number of fused-ring (bicyclic) bond motifs is 1. The Hall–Kier alpha value is -1.23. The maximum atomic E-state index is 6.07. The number of hydrogen-bond donors (Lipinski definition) is 1. The zero-order valence-corrected chi connectivity index (χ0v) is 12.6. The molecule has 2 N–H and O–H groups in total. The van der Waals surface area contributed by atoms with Crippen LogP contribution in [0.1, 0.15) is 0 Å². The highest BCUT2D eigenvalue weighted by Gasteiger charge is 2.14. The second kappa shape index (κ2) is 4.71. The summed E-state index contributed by atoms with van der Waals surface area (Å²) in [4.78, 5) is 4.39. The normalized spacial score (nSPS) is 11.1. The molecule has 0 saturated carbocycles. The number of nitrogens with two attached hydrogens (primary N) is 1. The number of oxazole rings is 1. The van der Waals surface area contributed by atoms with Gasteiger partial charge in [-0.05, 0) is 46.3 Å². The molecule has 0 aliphatic heterocycles. The molecule has 3 nitrogen and oxygen atoms in total. The quantitative estimate of drug-likeness (QED) is 0.484. The van der Waals surface area contributed by atoms with Gasteiger partial charge >= 0.3 is 0 Å². The second-order valence-electron chi connectivity index (χ2n) is 4.00. The maximum absolute atomic E-state index is 6.07. The van der Waals surface area contributed by atoms with E-state index in [1.54, 1.807) is 30.3 Å². The Morgan fingerprint density at radius 2 is 1.95 bits per heavy atom. The Morgan fingerprint density at radius 1 is 1.16 bits per heavy atom. The molecule has 0 unspecified atom stereocenters. The highest BCUT2D eigenvalue weighted by atomic mass is 79.9. The first kappa shape index (κ1) is 12.8. The summed E-state index contributed by atoms with van der Waals surface area (Å²) >= 11 is 15.5. The van der Waals surface area contributed by atoms with Gasteiger partial charge in [-0.3, -0.25) is 0 Å². The van der Waals surface area contributed by atoms with Crippen molar-refractivity contribution in [2.45, 2.75) is 0 Å². The Bertz CT molecular complexity index is 786. The van der Waals surface area contributed by atoms with Gasteiger partial charge in [-0.25, -0.2) is 4.98 Å². The van der Waals surface area contributed by atoms with E-state index in [2.05, 4.69) is 20.9 Å². The molecule has 1 aromatic heterocycles. The van der Waals surface area contributed by atoms with E-state index in [1.807, 2.05) is 0 Å². The third-order valence-electron chi connectivity index (χ3n) is 2.64. The lowest BCUT2D eigenvalue weighted by Crippen LogP contribution is -1.83. The van der Waals surface area contributed by atoms with Gasteiger partial charge in [-0.1, -0.05) is 23.2 Å². The van der Waals surface area contributed by atoms with Gasteiger partial charge in [0.15, 0.2) is 5.58 Å². The molecule has 3 rings (SSSR count). The third kappa shape index (κ3) is 2.31. The number of halogens is 3. The number of rotatable bonds is 1. The molecular formula is C13H7BrCl2N2O. The van der Waals surface area contributed by atoms with Crippen molar-refractivity contribution in [3.05, 3.63) is 44.8 Å². The van der Waals surface area contributed by atoms with Gasteiger partial charge in [0.2, 0.25) is 5.89 Å². The topological polar surface area (TPSA) is 52.0 Å². The molecule has 0 saturated heterocycles. The molecule has 1 heterocycles. The average molecular weight is 358 g/mol.